The van der Waals surface area contributed by atoms with Crippen molar-refractivity contribution in [3.05, 3.63) is 106 Å². The number of pyridine rings is 1. The number of nitrogens with zero attached hydrogens (tertiary/aromatic N) is 2. The van der Waals surface area contributed by atoms with Gasteiger partial charge in [-0.2, -0.15) is 0 Å². The minimum atomic E-state index is -0.607. The number of aromatic amines is 1. The molecule has 1 aliphatic carbocycles. The number of halogens is 1. The molecule has 50 heavy (non-hydrogen) atoms. The standard InChI is InChI=1S/C41H40FN5O3/c1-23-16-30(23)26-9-10-29-27(21-45-34(29)17-26)11-13-43-37-33(42)20-31-38-40(37)50-36-19-25-7-4-3-6-24(25)18-35(36)47(38)22-32(39(31)48)41(49)44-14-12-28-8-5-15-46(28)2/h3-4,6-7,9-10,17-23,28,30,43,45H,5,8,11-16H2,1-2H3,(H,44,49). The Bertz CT molecular complexity index is 2400. The molecule has 254 valence electrons. The number of aromatic nitrogens is 2. The fourth-order valence-corrected chi connectivity index (χ4v) is 8.17. The Morgan fingerprint density at radius 2 is 1.88 bits per heavy atom. The first-order chi connectivity index (χ1) is 24.3. The van der Waals surface area contributed by atoms with E-state index < -0.39 is 17.2 Å². The van der Waals surface area contributed by atoms with Gasteiger partial charge in [-0.3, -0.25) is 9.59 Å². The maximum atomic E-state index is 16.2. The molecule has 1 saturated heterocycles. The number of rotatable bonds is 9. The lowest BCUT2D eigenvalue weighted by atomic mass is 10.0. The zero-order valence-corrected chi connectivity index (χ0v) is 28.3. The molecule has 9 heteroatoms. The molecule has 4 aromatic carbocycles. The third-order valence-electron chi connectivity index (χ3n) is 11.2. The van der Waals surface area contributed by atoms with Crippen LogP contribution in [-0.4, -0.2) is 53.1 Å². The first kappa shape index (κ1) is 30.9. The van der Waals surface area contributed by atoms with E-state index in [2.05, 4.69) is 52.7 Å². The van der Waals surface area contributed by atoms with Crippen LogP contribution in [0.3, 0.4) is 0 Å². The fraction of sp³-hybridized carbons (Fsp3) is 0.317. The molecule has 4 heterocycles. The third-order valence-corrected chi connectivity index (χ3v) is 11.2. The highest BCUT2D eigenvalue weighted by atomic mass is 19.1. The summed E-state index contributed by atoms with van der Waals surface area (Å²) in [5.41, 5.74) is 4.38. The van der Waals surface area contributed by atoms with Gasteiger partial charge in [-0.05, 0) is 104 Å². The number of H-pyrrole nitrogens is 1. The van der Waals surface area contributed by atoms with Crippen LogP contribution < -0.4 is 20.8 Å². The molecular weight excluding hydrogens is 629 g/mol. The molecule has 0 radical (unpaired) electrons. The van der Waals surface area contributed by atoms with E-state index in [9.17, 15) is 9.59 Å². The van der Waals surface area contributed by atoms with Crippen LogP contribution in [-0.2, 0) is 6.42 Å². The minimum absolute atomic E-state index is 0.0250. The highest BCUT2D eigenvalue weighted by molar-refractivity contribution is 6.02. The predicted molar refractivity (Wildman–Crippen MR) is 197 cm³/mol. The topological polar surface area (TPSA) is 91.4 Å². The first-order valence-electron chi connectivity index (χ1n) is 17.8. The molecule has 3 unspecified atom stereocenters. The van der Waals surface area contributed by atoms with Crippen LogP contribution in [0.4, 0.5) is 10.1 Å². The van der Waals surface area contributed by atoms with Crippen molar-refractivity contribution in [2.24, 2.45) is 5.92 Å². The van der Waals surface area contributed by atoms with Gasteiger partial charge < -0.3 is 29.8 Å². The molecule has 9 rings (SSSR count). The molecule has 8 nitrogen and oxygen atoms in total. The second-order valence-corrected chi connectivity index (χ2v) is 14.4. The Morgan fingerprint density at radius 1 is 1.06 bits per heavy atom. The summed E-state index contributed by atoms with van der Waals surface area (Å²) in [4.78, 5) is 33.2. The van der Waals surface area contributed by atoms with Gasteiger partial charge >= 0.3 is 0 Å². The SMILES string of the molecule is CC1CC1c1ccc2c(CCNc3c(F)cc4c(=O)c(C(=O)NCCC5CCCN5C)cn5c4c3Oc3cc4ccccc4cc3-5)c[nH]c2c1. The first-order valence-corrected chi connectivity index (χ1v) is 17.8. The van der Waals surface area contributed by atoms with Gasteiger partial charge in [-0.15, -0.1) is 0 Å². The summed E-state index contributed by atoms with van der Waals surface area (Å²) in [7, 11) is 2.10. The number of hydrogen-bond donors (Lipinski definition) is 3. The zero-order valence-electron chi connectivity index (χ0n) is 28.3. The summed E-state index contributed by atoms with van der Waals surface area (Å²) < 4.78 is 24.5. The molecule has 1 amide bonds. The van der Waals surface area contributed by atoms with Crippen molar-refractivity contribution in [1.29, 1.82) is 0 Å². The van der Waals surface area contributed by atoms with Gasteiger partial charge in [0.05, 0.1) is 11.1 Å². The number of benzene rings is 4. The van der Waals surface area contributed by atoms with Crippen molar-refractivity contribution >= 4 is 44.2 Å². The second kappa shape index (κ2) is 12.0. The van der Waals surface area contributed by atoms with Gasteiger partial charge in [0.25, 0.3) is 5.91 Å². The molecular formula is C41H40FN5O3. The average molecular weight is 670 g/mol. The van der Waals surface area contributed by atoms with Gasteiger partial charge in [0.1, 0.15) is 16.8 Å². The molecule has 2 fully saturated rings. The van der Waals surface area contributed by atoms with Crippen molar-refractivity contribution in [1.82, 2.24) is 19.8 Å². The Balaban J connectivity index is 1.06. The van der Waals surface area contributed by atoms with Crippen LogP contribution in [0.1, 0.15) is 60.0 Å². The van der Waals surface area contributed by atoms with E-state index >= 15 is 4.39 Å². The van der Waals surface area contributed by atoms with E-state index in [1.54, 1.807) is 6.20 Å². The molecule has 3 aliphatic rings. The van der Waals surface area contributed by atoms with Crippen LogP contribution in [0.15, 0.2) is 77.9 Å². The monoisotopic (exact) mass is 669 g/mol. The Morgan fingerprint density at radius 3 is 2.66 bits per heavy atom. The van der Waals surface area contributed by atoms with Crippen LogP contribution in [0, 0.1) is 11.7 Å². The van der Waals surface area contributed by atoms with Gasteiger partial charge in [0.2, 0.25) is 5.43 Å². The number of amides is 1. The summed E-state index contributed by atoms with van der Waals surface area (Å²) in [6.45, 7) is 4.24. The summed E-state index contributed by atoms with van der Waals surface area (Å²) in [6, 6.07) is 20.2. The zero-order chi connectivity index (χ0) is 34.1. The van der Waals surface area contributed by atoms with Crippen molar-refractivity contribution in [2.75, 3.05) is 32.0 Å². The number of likely N-dealkylation sites (tertiary alicyclic amines) is 1. The van der Waals surface area contributed by atoms with Gasteiger partial charge in [0, 0.05) is 42.4 Å². The van der Waals surface area contributed by atoms with Gasteiger partial charge in [-0.25, -0.2) is 4.39 Å². The molecule has 6 aromatic rings. The van der Waals surface area contributed by atoms with E-state index in [-0.39, 0.29) is 22.4 Å². The van der Waals surface area contributed by atoms with E-state index in [1.807, 2.05) is 47.2 Å². The largest absolute Gasteiger partial charge is 0.451 e. The molecule has 1 saturated carbocycles. The number of fused-ring (bicyclic) bond motifs is 4. The van der Waals surface area contributed by atoms with Crippen LogP contribution in [0.25, 0.3) is 38.3 Å². The van der Waals surface area contributed by atoms with Crippen molar-refractivity contribution in [3.63, 3.8) is 0 Å². The predicted octanol–water partition coefficient (Wildman–Crippen LogP) is 7.86. The molecule has 0 bridgehead atoms. The summed E-state index contributed by atoms with van der Waals surface area (Å²) >= 11 is 0. The van der Waals surface area contributed by atoms with E-state index in [0.717, 1.165) is 59.0 Å². The van der Waals surface area contributed by atoms with Gasteiger partial charge in [-0.1, -0.05) is 43.3 Å². The highest BCUT2D eigenvalue weighted by Crippen LogP contribution is 2.48. The lowest BCUT2D eigenvalue weighted by molar-refractivity contribution is 0.0949. The fourth-order valence-electron chi connectivity index (χ4n) is 8.17. The maximum Gasteiger partial charge on any atom is 0.256 e. The summed E-state index contributed by atoms with van der Waals surface area (Å²) in [5.74, 6) is 1.07. The minimum Gasteiger partial charge on any atom is -0.451 e. The average Bonchev–Trinajstić information content (AvgIpc) is 3.50. The lowest BCUT2D eigenvalue weighted by Gasteiger charge is -2.27. The van der Waals surface area contributed by atoms with Crippen molar-refractivity contribution < 1.29 is 13.9 Å². The number of nitrogens with one attached hydrogen (secondary N) is 3. The molecule has 3 N–H and O–H groups in total. The quantitative estimate of drug-likeness (QED) is 0.146. The van der Waals surface area contributed by atoms with Crippen LogP contribution in [0.5, 0.6) is 11.5 Å². The third kappa shape index (κ3) is 5.22. The smallest absolute Gasteiger partial charge is 0.256 e. The lowest BCUT2D eigenvalue weighted by Crippen LogP contribution is -2.34. The Labute approximate surface area is 289 Å². The van der Waals surface area contributed by atoms with Crippen molar-refractivity contribution in [3.8, 4) is 17.2 Å². The van der Waals surface area contributed by atoms with Crippen molar-refractivity contribution in [2.45, 2.75) is 51.0 Å². The second-order valence-electron chi connectivity index (χ2n) is 14.4. The number of anilines is 1. The molecule has 2 aromatic heterocycles. The normalized spacial score (nSPS) is 19.5. The van der Waals surface area contributed by atoms with E-state index in [0.29, 0.717) is 48.4 Å². The number of ether oxygens (including phenoxy) is 1. The number of hydrogen-bond acceptors (Lipinski definition) is 5. The summed E-state index contributed by atoms with van der Waals surface area (Å²) in [5, 5.41) is 9.48. The van der Waals surface area contributed by atoms with E-state index in [1.165, 1.54) is 18.1 Å². The Hall–Kier alpha value is -5.15. The molecule has 2 aliphatic heterocycles. The number of carbonyl (C=O) groups is 1. The van der Waals surface area contributed by atoms with Crippen LogP contribution in [0.2, 0.25) is 0 Å². The number of carbonyl (C=O) groups excluding carboxylic acids is 1. The van der Waals surface area contributed by atoms with E-state index in [4.69, 9.17) is 4.74 Å². The van der Waals surface area contributed by atoms with Gasteiger partial charge in [0.15, 0.2) is 17.3 Å². The molecule has 0 spiro atoms. The van der Waals surface area contributed by atoms with Crippen LogP contribution >= 0.6 is 0 Å². The maximum absolute atomic E-state index is 16.2. The highest BCUT2D eigenvalue weighted by Gasteiger charge is 2.34. The summed E-state index contributed by atoms with van der Waals surface area (Å²) in [6.07, 6.45) is 8.56. The molecule has 3 atom stereocenters. The Kier molecular flexibility index (Phi) is 7.42.